The predicted molar refractivity (Wildman–Crippen MR) is 41.0 cm³/mol. The van der Waals surface area contributed by atoms with Gasteiger partial charge in [-0.05, 0) is 11.8 Å². The van der Waals surface area contributed by atoms with Gasteiger partial charge in [0.1, 0.15) is 4.32 Å². The fraction of sp³-hybridized carbons (Fsp3) is 0. The van der Waals surface area contributed by atoms with Gasteiger partial charge >= 0.3 is 0 Å². The molecule has 0 fully saturated rings. The molecule has 0 radical (unpaired) electrons. The number of nitrogens with one attached hydrogen (secondary N) is 1. The number of hydrogen-bond acceptors (Lipinski definition) is 3. The van der Waals surface area contributed by atoms with Gasteiger partial charge in [-0.1, -0.05) is 12.2 Å². The summed E-state index contributed by atoms with van der Waals surface area (Å²) < 4.78 is 0.738. The molecule has 42 valence electrons. The summed E-state index contributed by atoms with van der Waals surface area (Å²) >= 11 is 6.21. The second-order valence-corrected chi connectivity index (χ2v) is 2.64. The second-order valence-electron chi connectivity index (χ2n) is 1.12. The first-order valence-corrected chi connectivity index (χ1v) is 3.32. The zero-order chi connectivity index (χ0) is 5.82. The molecule has 1 N–H and O–H groups in total. The van der Waals surface area contributed by atoms with Crippen LogP contribution in [0.4, 0.5) is 0 Å². The van der Waals surface area contributed by atoms with Crippen LogP contribution in [-0.2, 0) is 0 Å². The molecule has 0 aromatic heterocycles. The van der Waals surface area contributed by atoms with Gasteiger partial charge < -0.3 is 5.32 Å². The molecule has 1 aliphatic heterocycles. The average Bonchev–Trinajstić information content (AvgIpc) is 1.94. The van der Waals surface area contributed by atoms with E-state index in [1.807, 2.05) is 0 Å². The van der Waals surface area contributed by atoms with Crippen molar-refractivity contribution in [3.05, 3.63) is 12.4 Å². The summed E-state index contributed by atoms with van der Waals surface area (Å²) in [6, 6.07) is 0. The third-order valence-corrected chi connectivity index (χ3v) is 1.55. The van der Waals surface area contributed by atoms with Crippen LogP contribution in [0.1, 0.15) is 0 Å². The quantitative estimate of drug-likeness (QED) is 0.515. The summed E-state index contributed by atoms with van der Waals surface area (Å²) in [5.74, 6) is 0. The molecule has 1 heterocycles. The lowest BCUT2D eigenvalue weighted by Gasteiger charge is -1.91. The van der Waals surface area contributed by atoms with Crippen molar-refractivity contribution in [1.29, 1.82) is 0 Å². The molecule has 2 nitrogen and oxygen atoms in total. The van der Waals surface area contributed by atoms with Crippen molar-refractivity contribution in [2.24, 2.45) is 4.99 Å². The number of thiocarbonyl (C=S) groups is 1. The maximum Gasteiger partial charge on any atom is 0.143 e. The van der Waals surface area contributed by atoms with Gasteiger partial charge in [0.2, 0.25) is 0 Å². The van der Waals surface area contributed by atoms with E-state index in [1.54, 1.807) is 17.9 Å². The van der Waals surface area contributed by atoms with Crippen molar-refractivity contribution in [3.63, 3.8) is 0 Å². The van der Waals surface area contributed by atoms with Crippen molar-refractivity contribution in [1.82, 2.24) is 5.32 Å². The number of nitrogens with zero attached hydrogens (tertiary/aromatic N) is 1. The largest absolute Gasteiger partial charge is 0.346 e. The Kier molecular flexibility index (Phi) is 2.05. The van der Waals surface area contributed by atoms with Crippen LogP contribution in [0.3, 0.4) is 0 Å². The Bertz CT molecular complexity index is 134. The van der Waals surface area contributed by atoms with Crippen LogP contribution in [0.25, 0.3) is 0 Å². The van der Waals surface area contributed by atoms with E-state index in [9.17, 15) is 0 Å². The van der Waals surface area contributed by atoms with Crippen LogP contribution in [0, 0.1) is 0 Å². The van der Waals surface area contributed by atoms with Gasteiger partial charge in [0, 0.05) is 12.4 Å². The van der Waals surface area contributed by atoms with Crippen LogP contribution in [-0.4, -0.2) is 9.87 Å². The molecule has 0 aliphatic carbocycles. The van der Waals surface area contributed by atoms with E-state index < -0.39 is 0 Å². The SMILES string of the molecule is S=C1NC=CN=CS1. The highest BCUT2D eigenvalue weighted by Gasteiger charge is 1.90. The van der Waals surface area contributed by atoms with Gasteiger partial charge in [-0.3, -0.25) is 4.99 Å². The average molecular weight is 144 g/mol. The summed E-state index contributed by atoms with van der Waals surface area (Å²) in [5, 5.41) is 2.83. The van der Waals surface area contributed by atoms with E-state index in [-0.39, 0.29) is 0 Å². The van der Waals surface area contributed by atoms with E-state index in [4.69, 9.17) is 12.2 Å². The fourth-order valence-corrected chi connectivity index (χ4v) is 0.856. The van der Waals surface area contributed by atoms with Gasteiger partial charge in [-0.15, -0.1) is 0 Å². The Morgan fingerprint density at radius 3 is 3.50 bits per heavy atom. The zero-order valence-corrected chi connectivity index (χ0v) is 5.63. The zero-order valence-electron chi connectivity index (χ0n) is 4.00. The van der Waals surface area contributed by atoms with E-state index >= 15 is 0 Å². The lowest BCUT2D eigenvalue weighted by atomic mass is 10.9. The number of aliphatic imine (C=N–C) groups is 1. The second kappa shape index (κ2) is 2.84. The molecule has 0 unspecified atom stereocenters. The van der Waals surface area contributed by atoms with Gasteiger partial charge in [-0.2, -0.15) is 0 Å². The molecule has 1 rings (SSSR count). The maximum atomic E-state index is 4.80. The summed E-state index contributed by atoms with van der Waals surface area (Å²) in [6.45, 7) is 0. The molecule has 8 heavy (non-hydrogen) atoms. The summed E-state index contributed by atoms with van der Waals surface area (Å²) in [7, 11) is 0. The third kappa shape index (κ3) is 1.63. The van der Waals surface area contributed by atoms with E-state index in [0.29, 0.717) is 0 Å². The van der Waals surface area contributed by atoms with Gasteiger partial charge in [0.25, 0.3) is 0 Å². The molecular weight excluding hydrogens is 140 g/mol. The molecule has 0 spiro atoms. The van der Waals surface area contributed by atoms with Gasteiger partial charge in [-0.25, -0.2) is 0 Å². The monoisotopic (exact) mass is 144 g/mol. The highest BCUT2D eigenvalue weighted by Crippen LogP contribution is 1.99. The van der Waals surface area contributed by atoms with Gasteiger partial charge in [0.15, 0.2) is 0 Å². The van der Waals surface area contributed by atoms with Crippen molar-refractivity contribution in [2.75, 3.05) is 0 Å². The Morgan fingerprint density at radius 1 is 1.75 bits per heavy atom. The first-order chi connectivity index (χ1) is 3.89. The minimum Gasteiger partial charge on any atom is -0.346 e. The third-order valence-electron chi connectivity index (χ3n) is 0.582. The molecule has 0 aromatic carbocycles. The maximum absolute atomic E-state index is 4.80. The first kappa shape index (κ1) is 5.78. The highest BCUT2D eigenvalue weighted by molar-refractivity contribution is 8.31. The predicted octanol–water partition coefficient (Wildman–Crippen LogP) is 1.11. The Balaban J connectivity index is 2.58. The topological polar surface area (TPSA) is 24.4 Å². The van der Waals surface area contributed by atoms with E-state index in [2.05, 4.69) is 10.3 Å². The molecule has 0 aromatic rings. The Hall–Kier alpha value is -0.350. The molecular formula is C4H4N2S2. The van der Waals surface area contributed by atoms with E-state index in [1.165, 1.54) is 11.8 Å². The van der Waals surface area contributed by atoms with Crippen LogP contribution >= 0.6 is 24.0 Å². The molecule has 1 aliphatic rings. The Morgan fingerprint density at radius 2 is 2.62 bits per heavy atom. The van der Waals surface area contributed by atoms with Crippen molar-refractivity contribution in [3.8, 4) is 0 Å². The molecule has 0 saturated carbocycles. The van der Waals surface area contributed by atoms with Crippen LogP contribution in [0.2, 0.25) is 0 Å². The van der Waals surface area contributed by atoms with E-state index in [0.717, 1.165) is 4.32 Å². The molecule has 0 saturated heterocycles. The van der Waals surface area contributed by atoms with Crippen molar-refractivity contribution >= 4 is 33.8 Å². The number of rotatable bonds is 0. The number of thioether (sulfide) groups is 1. The minimum absolute atomic E-state index is 0.738. The summed E-state index contributed by atoms with van der Waals surface area (Å²) in [4.78, 5) is 3.83. The summed E-state index contributed by atoms with van der Waals surface area (Å²) in [5.41, 5.74) is 1.69. The normalized spacial score (nSPS) is 17.8. The fourth-order valence-electron chi connectivity index (χ4n) is 0.296. The molecule has 0 atom stereocenters. The van der Waals surface area contributed by atoms with Crippen molar-refractivity contribution < 1.29 is 0 Å². The lowest BCUT2D eigenvalue weighted by Crippen LogP contribution is -2.07. The molecule has 4 heteroatoms. The first-order valence-electron chi connectivity index (χ1n) is 2.03. The Labute approximate surface area is 57.1 Å². The van der Waals surface area contributed by atoms with Crippen LogP contribution in [0.15, 0.2) is 17.4 Å². The van der Waals surface area contributed by atoms with Gasteiger partial charge in [0.05, 0.1) is 5.55 Å². The van der Waals surface area contributed by atoms with Crippen molar-refractivity contribution in [2.45, 2.75) is 0 Å². The smallest absolute Gasteiger partial charge is 0.143 e. The van der Waals surface area contributed by atoms with Crippen LogP contribution in [0.5, 0.6) is 0 Å². The van der Waals surface area contributed by atoms with Crippen LogP contribution < -0.4 is 5.32 Å². The number of hydrogen-bond donors (Lipinski definition) is 1. The standard InChI is InChI=1S/C4H4N2S2/c7-4-6-2-1-5-3-8-4/h1-3H,(H,6,7). The highest BCUT2D eigenvalue weighted by atomic mass is 32.2. The summed E-state index contributed by atoms with van der Waals surface area (Å²) in [6.07, 6.45) is 3.37. The molecule has 0 amide bonds. The minimum atomic E-state index is 0.738. The lowest BCUT2D eigenvalue weighted by molar-refractivity contribution is 1.32. The molecule has 0 bridgehead atoms.